The van der Waals surface area contributed by atoms with Gasteiger partial charge in [-0.1, -0.05) is 0 Å². The number of fused-ring (bicyclic) bond motifs is 1. The van der Waals surface area contributed by atoms with Gasteiger partial charge < -0.3 is 11.1 Å². The Labute approximate surface area is 191 Å². The van der Waals surface area contributed by atoms with Crippen molar-refractivity contribution in [1.29, 1.82) is 0 Å². The second-order valence-corrected chi connectivity index (χ2v) is 8.59. The van der Waals surface area contributed by atoms with Gasteiger partial charge in [-0.15, -0.1) is 11.3 Å². The lowest BCUT2D eigenvalue weighted by molar-refractivity contribution is -0.119. The van der Waals surface area contributed by atoms with Crippen molar-refractivity contribution in [2.45, 2.75) is 33.2 Å². The van der Waals surface area contributed by atoms with Crippen molar-refractivity contribution < 1.29 is 18.4 Å². The molecule has 0 fully saturated rings. The van der Waals surface area contributed by atoms with E-state index in [0.717, 1.165) is 17.0 Å². The van der Waals surface area contributed by atoms with Crippen LogP contribution in [-0.4, -0.2) is 36.4 Å². The molecule has 0 aliphatic rings. The van der Waals surface area contributed by atoms with Gasteiger partial charge in [0.15, 0.2) is 0 Å². The molecule has 33 heavy (non-hydrogen) atoms. The van der Waals surface area contributed by atoms with Gasteiger partial charge in [0.05, 0.1) is 11.9 Å². The zero-order valence-electron chi connectivity index (χ0n) is 18.3. The topological polar surface area (TPSA) is 121 Å². The SMILES string of the molecule is Cc1c(-c2cc(C(F)F)nc3sc(C(N)=O)c(NC(=O)C(C)n4nccc4C)c23)cnn1C. The van der Waals surface area contributed by atoms with E-state index in [1.54, 1.807) is 44.0 Å². The minimum atomic E-state index is -2.83. The summed E-state index contributed by atoms with van der Waals surface area (Å²) in [6.45, 7) is 5.26. The molecule has 4 rings (SSSR count). The van der Waals surface area contributed by atoms with E-state index < -0.39 is 30.0 Å². The number of amides is 2. The first kappa shape index (κ1) is 22.5. The van der Waals surface area contributed by atoms with E-state index >= 15 is 0 Å². The number of anilines is 1. The highest BCUT2D eigenvalue weighted by Crippen LogP contribution is 2.43. The van der Waals surface area contributed by atoms with Crippen LogP contribution in [0.15, 0.2) is 24.5 Å². The molecular formula is C21H21F2N7O2S. The van der Waals surface area contributed by atoms with Crippen LogP contribution in [0.2, 0.25) is 0 Å². The molecule has 4 aromatic heterocycles. The van der Waals surface area contributed by atoms with Gasteiger partial charge in [0.25, 0.3) is 12.3 Å². The summed E-state index contributed by atoms with van der Waals surface area (Å²) in [7, 11) is 1.73. The number of carbonyl (C=O) groups excluding carboxylic acids is 2. The van der Waals surface area contributed by atoms with Gasteiger partial charge >= 0.3 is 0 Å². The third-order valence-corrected chi connectivity index (χ3v) is 6.62. The smallest absolute Gasteiger partial charge is 0.280 e. The van der Waals surface area contributed by atoms with Crippen LogP contribution in [0.4, 0.5) is 14.5 Å². The molecule has 4 heterocycles. The van der Waals surface area contributed by atoms with Crippen LogP contribution in [-0.2, 0) is 11.8 Å². The van der Waals surface area contributed by atoms with E-state index in [1.807, 2.05) is 6.92 Å². The van der Waals surface area contributed by atoms with Gasteiger partial charge in [0.1, 0.15) is 21.4 Å². The standard InChI is InChI=1S/C21H21F2N7O2S/c1-9-5-6-25-30(9)11(3)20(32)28-16-15-12(13-8-26-29(4)10(13)2)7-14(18(22)23)27-21(15)33-17(16)19(24)31/h5-8,11,18H,1-4H3,(H2,24,31)(H,28,32). The maximum atomic E-state index is 13.6. The maximum absolute atomic E-state index is 13.6. The first-order valence-corrected chi connectivity index (χ1v) is 10.8. The number of hydrogen-bond acceptors (Lipinski definition) is 6. The minimum Gasteiger partial charge on any atom is -0.365 e. The molecule has 4 aromatic rings. The fourth-order valence-corrected chi connectivity index (χ4v) is 4.64. The van der Waals surface area contributed by atoms with E-state index in [0.29, 0.717) is 22.2 Å². The summed E-state index contributed by atoms with van der Waals surface area (Å²) in [5, 5.41) is 11.5. The van der Waals surface area contributed by atoms with Crippen LogP contribution in [0, 0.1) is 13.8 Å². The van der Waals surface area contributed by atoms with Crippen molar-refractivity contribution in [2.24, 2.45) is 12.8 Å². The Hall–Kier alpha value is -3.67. The number of alkyl halides is 2. The Morgan fingerprint density at radius 2 is 1.94 bits per heavy atom. The first-order valence-electron chi connectivity index (χ1n) is 9.95. The van der Waals surface area contributed by atoms with Gasteiger partial charge in [0.2, 0.25) is 5.91 Å². The molecule has 1 unspecified atom stereocenters. The van der Waals surface area contributed by atoms with Crippen molar-refractivity contribution in [3.63, 3.8) is 0 Å². The van der Waals surface area contributed by atoms with Crippen LogP contribution >= 0.6 is 11.3 Å². The largest absolute Gasteiger partial charge is 0.365 e. The molecule has 1 atom stereocenters. The highest BCUT2D eigenvalue weighted by molar-refractivity contribution is 7.21. The summed E-state index contributed by atoms with van der Waals surface area (Å²) in [5.74, 6) is -1.25. The van der Waals surface area contributed by atoms with Crippen molar-refractivity contribution in [3.8, 4) is 11.1 Å². The van der Waals surface area contributed by atoms with Gasteiger partial charge in [-0.3, -0.25) is 19.0 Å². The fourth-order valence-electron chi connectivity index (χ4n) is 3.62. The summed E-state index contributed by atoms with van der Waals surface area (Å²) < 4.78 is 30.4. The summed E-state index contributed by atoms with van der Waals surface area (Å²) in [6, 6.07) is 2.32. The predicted molar refractivity (Wildman–Crippen MR) is 120 cm³/mol. The lowest BCUT2D eigenvalue weighted by Gasteiger charge is -2.16. The highest BCUT2D eigenvalue weighted by Gasteiger charge is 2.27. The van der Waals surface area contributed by atoms with Crippen molar-refractivity contribution in [2.75, 3.05) is 5.32 Å². The summed E-state index contributed by atoms with van der Waals surface area (Å²) in [6.07, 6.45) is 0.292. The second kappa shape index (κ2) is 8.35. The molecular weight excluding hydrogens is 452 g/mol. The van der Waals surface area contributed by atoms with Crippen molar-refractivity contribution in [1.82, 2.24) is 24.5 Å². The number of nitrogens with zero attached hydrogens (tertiary/aromatic N) is 5. The number of primary amides is 1. The number of aromatic nitrogens is 5. The average Bonchev–Trinajstić information content (AvgIpc) is 3.45. The molecule has 12 heteroatoms. The number of hydrogen-bond donors (Lipinski definition) is 2. The summed E-state index contributed by atoms with van der Waals surface area (Å²) in [5.41, 5.74) is 7.71. The van der Waals surface area contributed by atoms with Crippen LogP contribution < -0.4 is 11.1 Å². The Balaban J connectivity index is 1.94. The Kier molecular flexibility index (Phi) is 5.70. The third-order valence-electron chi connectivity index (χ3n) is 5.52. The molecule has 0 aromatic carbocycles. The number of aryl methyl sites for hydroxylation is 2. The third kappa shape index (κ3) is 3.86. The number of nitrogens with two attached hydrogens (primary N) is 1. The second-order valence-electron chi connectivity index (χ2n) is 7.60. The molecule has 0 aliphatic heterocycles. The van der Waals surface area contributed by atoms with E-state index in [9.17, 15) is 18.4 Å². The molecule has 3 N–H and O–H groups in total. The lowest BCUT2D eigenvalue weighted by atomic mass is 10.0. The number of halogens is 2. The Morgan fingerprint density at radius 3 is 2.48 bits per heavy atom. The monoisotopic (exact) mass is 473 g/mol. The molecule has 0 bridgehead atoms. The number of pyridine rings is 1. The van der Waals surface area contributed by atoms with Crippen LogP contribution in [0.25, 0.3) is 21.3 Å². The van der Waals surface area contributed by atoms with Crippen LogP contribution in [0.5, 0.6) is 0 Å². The maximum Gasteiger partial charge on any atom is 0.280 e. The number of thiophene rings is 1. The first-order chi connectivity index (χ1) is 15.6. The molecule has 0 radical (unpaired) electrons. The molecule has 0 saturated carbocycles. The Morgan fingerprint density at radius 1 is 1.21 bits per heavy atom. The quantitative estimate of drug-likeness (QED) is 0.442. The number of nitrogens with one attached hydrogen (secondary N) is 1. The molecule has 0 saturated heterocycles. The van der Waals surface area contributed by atoms with Crippen LogP contribution in [0.3, 0.4) is 0 Å². The van der Waals surface area contributed by atoms with Gasteiger partial charge in [-0.2, -0.15) is 10.2 Å². The van der Waals surface area contributed by atoms with Crippen molar-refractivity contribution >= 4 is 39.1 Å². The number of rotatable bonds is 6. The van der Waals surface area contributed by atoms with E-state index in [2.05, 4.69) is 20.5 Å². The van der Waals surface area contributed by atoms with E-state index in [1.165, 1.54) is 10.7 Å². The average molecular weight is 474 g/mol. The summed E-state index contributed by atoms with van der Waals surface area (Å²) >= 11 is 0.856. The predicted octanol–water partition coefficient (Wildman–Crippen LogP) is 3.75. The van der Waals surface area contributed by atoms with Crippen LogP contribution in [0.1, 0.15) is 46.1 Å². The van der Waals surface area contributed by atoms with E-state index in [-0.39, 0.29) is 15.4 Å². The molecule has 9 nitrogen and oxygen atoms in total. The van der Waals surface area contributed by atoms with Gasteiger partial charge in [0, 0.05) is 35.6 Å². The highest BCUT2D eigenvalue weighted by atomic mass is 32.1. The van der Waals surface area contributed by atoms with E-state index in [4.69, 9.17) is 5.73 Å². The molecule has 0 aliphatic carbocycles. The molecule has 2 amide bonds. The fraction of sp³-hybridized carbons (Fsp3) is 0.286. The zero-order chi connectivity index (χ0) is 24.0. The normalized spacial score (nSPS) is 12.5. The molecule has 172 valence electrons. The van der Waals surface area contributed by atoms with Crippen molar-refractivity contribution in [3.05, 3.63) is 46.5 Å². The minimum absolute atomic E-state index is 0.0180. The van der Waals surface area contributed by atoms with Gasteiger partial charge in [-0.05, 0) is 38.5 Å². The zero-order valence-corrected chi connectivity index (χ0v) is 19.1. The Bertz CT molecular complexity index is 1390. The number of carbonyl (C=O) groups is 2. The lowest BCUT2D eigenvalue weighted by Crippen LogP contribution is -2.26. The molecule has 0 spiro atoms. The van der Waals surface area contributed by atoms with Gasteiger partial charge in [-0.25, -0.2) is 13.8 Å². The summed E-state index contributed by atoms with van der Waals surface area (Å²) in [4.78, 5) is 29.6.